The molecule has 0 aliphatic heterocycles. The van der Waals surface area contributed by atoms with E-state index in [1.165, 1.54) is 12.5 Å². The molecule has 98 valence electrons. The van der Waals surface area contributed by atoms with E-state index in [1.807, 2.05) is 0 Å². The molecule has 0 amide bonds. The molecule has 1 atom stereocenters. The molecule has 1 unspecified atom stereocenters. The zero-order valence-corrected chi connectivity index (χ0v) is 11.2. The number of carboxylic acid groups (broad SMARTS) is 1. The molecule has 0 saturated heterocycles. The highest BCUT2D eigenvalue weighted by Gasteiger charge is 2.23. The van der Waals surface area contributed by atoms with Crippen molar-refractivity contribution in [3.8, 4) is 0 Å². The van der Waals surface area contributed by atoms with Gasteiger partial charge in [-0.15, -0.1) is 0 Å². The first kappa shape index (κ1) is 13.3. The normalized spacial score (nSPS) is 12.1. The van der Waals surface area contributed by atoms with Gasteiger partial charge in [0.15, 0.2) is 6.04 Å². The van der Waals surface area contributed by atoms with Gasteiger partial charge in [0, 0.05) is 4.47 Å². The zero-order valence-electron chi connectivity index (χ0n) is 9.65. The van der Waals surface area contributed by atoms with Gasteiger partial charge in [-0.3, -0.25) is 9.36 Å². The molecule has 19 heavy (non-hydrogen) atoms. The summed E-state index contributed by atoms with van der Waals surface area (Å²) in [4.78, 5) is 27.0. The summed E-state index contributed by atoms with van der Waals surface area (Å²) in [5, 5.41) is 9.32. The molecule has 1 aromatic heterocycles. The topological polar surface area (TPSA) is 98.2 Å². The van der Waals surface area contributed by atoms with E-state index in [1.54, 1.807) is 24.3 Å². The highest BCUT2D eigenvalue weighted by atomic mass is 79.9. The van der Waals surface area contributed by atoms with Crippen molar-refractivity contribution in [1.29, 1.82) is 0 Å². The van der Waals surface area contributed by atoms with Crippen molar-refractivity contribution >= 4 is 27.6 Å². The van der Waals surface area contributed by atoms with E-state index in [0.717, 1.165) is 9.04 Å². The van der Waals surface area contributed by atoms with Crippen LogP contribution in [0.1, 0.15) is 11.6 Å². The first-order valence-electron chi connectivity index (χ1n) is 5.30. The molecule has 6 nitrogen and oxygen atoms in total. The van der Waals surface area contributed by atoms with E-state index >= 15 is 0 Å². The Morgan fingerprint density at radius 2 is 2.00 bits per heavy atom. The fourth-order valence-electron chi connectivity index (χ4n) is 1.69. The van der Waals surface area contributed by atoms with Crippen LogP contribution in [0, 0.1) is 0 Å². The molecule has 0 aliphatic rings. The number of nitrogen functional groups attached to an aromatic ring is 1. The largest absolute Gasteiger partial charge is 0.479 e. The fraction of sp³-hybridized carbons (Fsp3) is 0.0833. The van der Waals surface area contributed by atoms with E-state index in [0.29, 0.717) is 5.56 Å². The first-order valence-corrected chi connectivity index (χ1v) is 6.10. The number of rotatable bonds is 3. The summed E-state index contributed by atoms with van der Waals surface area (Å²) < 4.78 is 1.82. The fourth-order valence-corrected chi connectivity index (χ4v) is 1.96. The van der Waals surface area contributed by atoms with Gasteiger partial charge < -0.3 is 10.8 Å². The van der Waals surface area contributed by atoms with Crippen LogP contribution in [-0.2, 0) is 4.79 Å². The molecule has 2 rings (SSSR count). The predicted molar refractivity (Wildman–Crippen MR) is 72.8 cm³/mol. The van der Waals surface area contributed by atoms with Crippen LogP contribution < -0.4 is 11.3 Å². The van der Waals surface area contributed by atoms with Gasteiger partial charge in [0.2, 0.25) is 0 Å². The zero-order chi connectivity index (χ0) is 14.0. The Hall–Kier alpha value is -2.15. The maximum atomic E-state index is 11.9. The number of nitrogens with zero attached hydrogens (tertiary/aromatic N) is 2. The van der Waals surface area contributed by atoms with Crippen molar-refractivity contribution in [2.24, 2.45) is 0 Å². The summed E-state index contributed by atoms with van der Waals surface area (Å²) in [6.07, 6.45) is 2.36. The summed E-state index contributed by atoms with van der Waals surface area (Å²) in [5.74, 6) is -1.16. The molecule has 0 aliphatic carbocycles. The second-order valence-corrected chi connectivity index (χ2v) is 4.77. The van der Waals surface area contributed by atoms with Crippen LogP contribution in [0.2, 0.25) is 0 Å². The van der Waals surface area contributed by atoms with E-state index in [2.05, 4.69) is 20.9 Å². The molecule has 1 aromatic carbocycles. The van der Waals surface area contributed by atoms with Crippen molar-refractivity contribution < 1.29 is 9.90 Å². The van der Waals surface area contributed by atoms with Gasteiger partial charge in [-0.2, -0.15) is 0 Å². The van der Waals surface area contributed by atoms with Gasteiger partial charge in [0.05, 0.1) is 12.5 Å². The molecular formula is C12H10BrN3O3. The average molecular weight is 324 g/mol. The lowest BCUT2D eigenvalue weighted by Gasteiger charge is -2.15. The van der Waals surface area contributed by atoms with E-state index in [-0.39, 0.29) is 5.69 Å². The molecule has 1 heterocycles. The Morgan fingerprint density at radius 3 is 2.58 bits per heavy atom. The van der Waals surface area contributed by atoms with Crippen molar-refractivity contribution in [2.45, 2.75) is 6.04 Å². The lowest BCUT2D eigenvalue weighted by Crippen LogP contribution is -2.32. The number of carboxylic acids is 1. The quantitative estimate of drug-likeness (QED) is 0.886. The summed E-state index contributed by atoms with van der Waals surface area (Å²) in [6.45, 7) is 0. The number of aliphatic carboxylic acids is 1. The lowest BCUT2D eigenvalue weighted by atomic mass is 10.1. The monoisotopic (exact) mass is 323 g/mol. The number of aromatic nitrogens is 2. The number of hydrogen-bond acceptors (Lipinski definition) is 4. The molecular weight excluding hydrogens is 314 g/mol. The van der Waals surface area contributed by atoms with Crippen molar-refractivity contribution in [3.05, 3.63) is 57.2 Å². The number of benzene rings is 1. The molecule has 0 fully saturated rings. The molecule has 0 saturated carbocycles. The van der Waals surface area contributed by atoms with E-state index in [9.17, 15) is 14.7 Å². The first-order chi connectivity index (χ1) is 9.00. The lowest BCUT2D eigenvalue weighted by molar-refractivity contribution is -0.139. The third-order valence-corrected chi connectivity index (χ3v) is 3.11. The van der Waals surface area contributed by atoms with Crippen LogP contribution in [0.15, 0.2) is 46.1 Å². The Kier molecular flexibility index (Phi) is 3.66. The highest BCUT2D eigenvalue weighted by Crippen LogP contribution is 2.20. The summed E-state index contributed by atoms with van der Waals surface area (Å²) in [7, 11) is 0. The molecule has 7 heteroatoms. The molecule has 0 bridgehead atoms. The Morgan fingerprint density at radius 1 is 1.37 bits per heavy atom. The van der Waals surface area contributed by atoms with Crippen LogP contribution in [0.5, 0.6) is 0 Å². The number of halogens is 1. The van der Waals surface area contributed by atoms with Crippen LogP contribution in [-0.4, -0.2) is 20.6 Å². The maximum Gasteiger partial charge on any atom is 0.331 e. The van der Waals surface area contributed by atoms with Crippen molar-refractivity contribution in [3.63, 3.8) is 0 Å². The third-order valence-electron chi connectivity index (χ3n) is 2.58. The summed E-state index contributed by atoms with van der Waals surface area (Å²) in [5.41, 5.74) is 5.26. The van der Waals surface area contributed by atoms with Crippen LogP contribution in [0.4, 0.5) is 5.69 Å². The average Bonchev–Trinajstić information content (AvgIpc) is 2.37. The van der Waals surface area contributed by atoms with Gasteiger partial charge in [0.1, 0.15) is 5.69 Å². The minimum absolute atomic E-state index is 0.0918. The number of nitrogens with two attached hydrogens (primary N) is 1. The minimum Gasteiger partial charge on any atom is -0.479 e. The molecule has 0 radical (unpaired) electrons. The Labute approximate surface area is 116 Å². The van der Waals surface area contributed by atoms with Gasteiger partial charge in [-0.05, 0) is 17.7 Å². The smallest absolute Gasteiger partial charge is 0.331 e. The summed E-state index contributed by atoms with van der Waals surface area (Å²) in [6, 6.07) is 5.50. The Bertz CT molecular complexity index is 667. The molecule has 3 N–H and O–H groups in total. The van der Waals surface area contributed by atoms with Gasteiger partial charge in [-0.25, -0.2) is 9.78 Å². The SMILES string of the molecule is Nc1cncn(C(C(=O)O)c2ccc(Br)cc2)c1=O. The molecule has 0 spiro atoms. The van der Waals surface area contributed by atoms with Crippen molar-refractivity contribution in [1.82, 2.24) is 9.55 Å². The summed E-state index contributed by atoms with van der Waals surface area (Å²) >= 11 is 3.27. The number of hydrogen-bond donors (Lipinski definition) is 2. The van der Waals surface area contributed by atoms with Crippen LogP contribution in [0.3, 0.4) is 0 Å². The maximum absolute atomic E-state index is 11.9. The molecule has 2 aromatic rings. The number of carbonyl (C=O) groups is 1. The van der Waals surface area contributed by atoms with Gasteiger partial charge >= 0.3 is 5.97 Å². The second kappa shape index (κ2) is 5.23. The number of anilines is 1. The van der Waals surface area contributed by atoms with Gasteiger partial charge in [-0.1, -0.05) is 28.1 Å². The highest BCUT2D eigenvalue weighted by molar-refractivity contribution is 9.10. The predicted octanol–water partition coefficient (Wildman–Crippen LogP) is 1.26. The Balaban J connectivity index is 2.58. The standard InChI is InChI=1S/C12H10BrN3O3/c13-8-3-1-7(2-4-8)10(12(18)19)16-6-15-5-9(14)11(16)17/h1-6,10H,14H2,(H,18,19). The van der Waals surface area contributed by atoms with E-state index < -0.39 is 17.6 Å². The van der Waals surface area contributed by atoms with Crippen molar-refractivity contribution in [2.75, 3.05) is 5.73 Å². The second-order valence-electron chi connectivity index (χ2n) is 3.85. The van der Waals surface area contributed by atoms with Crippen LogP contribution >= 0.6 is 15.9 Å². The van der Waals surface area contributed by atoms with Gasteiger partial charge in [0.25, 0.3) is 5.56 Å². The van der Waals surface area contributed by atoms with Crippen LogP contribution in [0.25, 0.3) is 0 Å². The minimum atomic E-state index is -1.16. The van der Waals surface area contributed by atoms with E-state index in [4.69, 9.17) is 5.73 Å². The third kappa shape index (κ3) is 2.65.